The number of nitrogens with two attached hydrogens (primary N) is 1. The molecule has 1 aromatic rings. The molecule has 1 aliphatic heterocycles. The zero-order valence-electron chi connectivity index (χ0n) is 12.5. The van der Waals surface area contributed by atoms with E-state index in [4.69, 9.17) is 5.73 Å². The minimum absolute atomic E-state index is 0.0615. The first kappa shape index (κ1) is 15.5. The minimum Gasteiger partial charge on any atom is -0.326 e. The van der Waals surface area contributed by atoms with Crippen molar-refractivity contribution in [1.82, 2.24) is 4.31 Å². The molecule has 2 rings (SSSR count). The molecule has 2 N–H and O–H groups in total. The van der Waals surface area contributed by atoms with Gasteiger partial charge in [-0.1, -0.05) is 12.5 Å². The molecular formula is C15H24N2O2S. The van der Waals surface area contributed by atoms with Gasteiger partial charge in [0.1, 0.15) is 0 Å². The second-order valence-corrected chi connectivity index (χ2v) is 7.60. The van der Waals surface area contributed by atoms with Crippen molar-refractivity contribution in [2.45, 2.75) is 63.6 Å². The molecule has 2 atom stereocenters. The Balaban J connectivity index is 2.43. The third-order valence-corrected chi connectivity index (χ3v) is 6.35. The maximum absolute atomic E-state index is 12.9. The number of nitrogens with zero attached hydrogens (tertiary/aromatic N) is 1. The standard InChI is InChI=1S/C15H24N2O2S/c1-11-7-8-15(9-14(11)10-16)20(18,19)17-12(2)5-4-6-13(17)3/h7-9,12-13H,4-6,10,16H2,1-3H3. The van der Waals surface area contributed by atoms with Gasteiger partial charge in [-0.25, -0.2) is 8.42 Å². The lowest BCUT2D eigenvalue weighted by Crippen LogP contribution is -2.47. The fraction of sp³-hybridized carbons (Fsp3) is 0.600. The van der Waals surface area contributed by atoms with Gasteiger partial charge in [-0.15, -0.1) is 0 Å². The first-order chi connectivity index (χ1) is 9.37. The normalized spacial score (nSPS) is 24.8. The number of sulfonamides is 1. The fourth-order valence-corrected chi connectivity index (χ4v) is 4.95. The van der Waals surface area contributed by atoms with Gasteiger partial charge >= 0.3 is 0 Å². The summed E-state index contributed by atoms with van der Waals surface area (Å²) in [6, 6.07) is 5.38. The summed E-state index contributed by atoms with van der Waals surface area (Å²) in [5.74, 6) is 0. The van der Waals surface area contributed by atoms with E-state index in [2.05, 4.69) is 0 Å². The van der Waals surface area contributed by atoms with Crippen LogP contribution in [0, 0.1) is 6.92 Å². The molecule has 1 fully saturated rings. The molecule has 0 aromatic heterocycles. The van der Waals surface area contributed by atoms with Gasteiger partial charge in [-0.2, -0.15) is 4.31 Å². The predicted octanol–water partition coefficient (Wildman–Crippen LogP) is 2.41. The lowest BCUT2D eigenvalue weighted by atomic mass is 10.0. The van der Waals surface area contributed by atoms with Gasteiger partial charge in [0.2, 0.25) is 10.0 Å². The monoisotopic (exact) mass is 296 g/mol. The quantitative estimate of drug-likeness (QED) is 0.931. The molecule has 0 bridgehead atoms. The van der Waals surface area contributed by atoms with E-state index in [9.17, 15) is 8.42 Å². The van der Waals surface area contributed by atoms with Gasteiger partial charge in [0.15, 0.2) is 0 Å². The minimum atomic E-state index is -3.43. The summed E-state index contributed by atoms with van der Waals surface area (Å²) in [4.78, 5) is 0.365. The number of piperidine rings is 1. The number of rotatable bonds is 3. The van der Waals surface area contributed by atoms with Crippen LogP contribution < -0.4 is 5.73 Å². The topological polar surface area (TPSA) is 63.4 Å². The van der Waals surface area contributed by atoms with Crippen LogP contribution in [0.4, 0.5) is 0 Å². The van der Waals surface area contributed by atoms with Crippen molar-refractivity contribution in [2.24, 2.45) is 5.73 Å². The van der Waals surface area contributed by atoms with Crippen LogP contribution in [0.5, 0.6) is 0 Å². The van der Waals surface area contributed by atoms with Crippen molar-refractivity contribution in [3.63, 3.8) is 0 Å². The highest BCUT2D eigenvalue weighted by molar-refractivity contribution is 7.89. The number of hydrogen-bond donors (Lipinski definition) is 1. The lowest BCUT2D eigenvalue weighted by Gasteiger charge is -2.37. The third-order valence-electron chi connectivity index (χ3n) is 4.23. The van der Waals surface area contributed by atoms with Crippen molar-refractivity contribution < 1.29 is 8.42 Å². The smallest absolute Gasteiger partial charge is 0.243 e. The molecule has 1 aromatic carbocycles. The Labute approximate surface area is 122 Å². The van der Waals surface area contributed by atoms with E-state index in [0.717, 1.165) is 30.4 Å². The number of benzene rings is 1. The van der Waals surface area contributed by atoms with E-state index in [1.54, 1.807) is 16.4 Å². The summed E-state index contributed by atoms with van der Waals surface area (Å²) in [7, 11) is -3.43. The van der Waals surface area contributed by atoms with Crippen LogP contribution in [-0.2, 0) is 16.6 Å². The highest BCUT2D eigenvalue weighted by atomic mass is 32.2. The average molecular weight is 296 g/mol. The molecule has 1 saturated heterocycles. The predicted molar refractivity (Wildman–Crippen MR) is 80.9 cm³/mol. The largest absolute Gasteiger partial charge is 0.326 e. The molecule has 5 heteroatoms. The number of hydrogen-bond acceptors (Lipinski definition) is 3. The summed E-state index contributed by atoms with van der Waals surface area (Å²) < 4.78 is 27.4. The van der Waals surface area contributed by atoms with Crippen LogP contribution >= 0.6 is 0 Å². The van der Waals surface area contributed by atoms with Crippen LogP contribution in [0.2, 0.25) is 0 Å². The molecule has 0 radical (unpaired) electrons. The maximum Gasteiger partial charge on any atom is 0.243 e. The summed E-state index contributed by atoms with van der Waals surface area (Å²) in [5, 5.41) is 0. The molecule has 112 valence electrons. The van der Waals surface area contributed by atoms with Crippen molar-refractivity contribution in [2.75, 3.05) is 0 Å². The zero-order chi connectivity index (χ0) is 14.9. The molecule has 4 nitrogen and oxygen atoms in total. The van der Waals surface area contributed by atoms with Crippen molar-refractivity contribution in [1.29, 1.82) is 0 Å². The van der Waals surface area contributed by atoms with Crippen molar-refractivity contribution in [3.8, 4) is 0 Å². The molecule has 0 aliphatic carbocycles. The Hall–Kier alpha value is -0.910. The molecule has 20 heavy (non-hydrogen) atoms. The first-order valence-corrected chi connectivity index (χ1v) is 8.65. The summed E-state index contributed by atoms with van der Waals surface area (Å²) >= 11 is 0. The van der Waals surface area contributed by atoms with Gasteiger partial charge in [-0.3, -0.25) is 0 Å². The van der Waals surface area contributed by atoms with Gasteiger partial charge in [0.05, 0.1) is 4.90 Å². The summed E-state index contributed by atoms with van der Waals surface area (Å²) in [5.41, 5.74) is 7.61. The van der Waals surface area contributed by atoms with Gasteiger partial charge in [0, 0.05) is 18.6 Å². The van der Waals surface area contributed by atoms with Gasteiger partial charge in [-0.05, 0) is 56.9 Å². The Morgan fingerprint density at radius 2 is 1.85 bits per heavy atom. The fourth-order valence-electron chi connectivity index (χ4n) is 3.02. The van der Waals surface area contributed by atoms with Crippen molar-refractivity contribution in [3.05, 3.63) is 29.3 Å². The Morgan fingerprint density at radius 1 is 1.25 bits per heavy atom. The highest BCUT2D eigenvalue weighted by Gasteiger charge is 2.35. The van der Waals surface area contributed by atoms with Gasteiger partial charge in [0.25, 0.3) is 0 Å². The SMILES string of the molecule is Cc1ccc(S(=O)(=O)N2C(C)CCCC2C)cc1CN. The summed E-state index contributed by atoms with van der Waals surface area (Å²) in [6.07, 6.45) is 2.95. The average Bonchev–Trinajstić information content (AvgIpc) is 2.38. The first-order valence-electron chi connectivity index (χ1n) is 7.21. The molecule has 0 spiro atoms. The van der Waals surface area contributed by atoms with E-state index in [0.29, 0.717) is 11.4 Å². The molecule has 0 saturated carbocycles. The Kier molecular flexibility index (Phi) is 4.52. The second-order valence-electron chi connectivity index (χ2n) is 5.76. The van der Waals surface area contributed by atoms with Crippen LogP contribution in [0.15, 0.2) is 23.1 Å². The zero-order valence-corrected chi connectivity index (χ0v) is 13.3. The highest BCUT2D eigenvalue weighted by Crippen LogP contribution is 2.30. The van der Waals surface area contributed by atoms with Crippen LogP contribution in [0.3, 0.4) is 0 Å². The van der Waals surface area contributed by atoms with E-state index in [1.807, 2.05) is 26.8 Å². The van der Waals surface area contributed by atoms with E-state index in [-0.39, 0.29) is 12.1 Å². The Bertz CT molecular complexity index is 574. The number of aryl methyl sites for hydroxylation is 1. The van der Waals surface area contributed by atoms with Crippen LogP contribution in [0.1, 0.15) is 44.2 Å². The van der Waals surface area contributed by atoms with Crippen LogP contribution in [-0.4, -0.2) is 24.8 Å². The van der Waals surface area contributed by atoms with Gasteiger partial charge < -0.3 is 5.73 Å². The molecular weight excluding hydrogens is 272 g/mol. The third kappa shape index (κ3) is 2.75. The van der Waals surface area contributed by atoms with E-state index < -0.39 is 10.0 Å². The summed E-state index contributed by atoms with van der Waals surface area (Å²) in [6.45, 7) is 6.29. The molecule has 2 unspecified atom stereocenters. The van der Waals surface area contributed by atoms with E-state index in [1.165, 1.54) is 0 Å². The van der Waals surface area contributed by atoms with Crippen LogP contribution in [0.25, 0.3) is 0 Å². The second kappa shape index (κ2) is 5.84. The molecule has 0 amide bonds. The molecule has 1 aliphatic rings. The maximum atomic E-state index is 12.9. The lowest BCUT2D eigenvalue weighted by molar-refractivity contribution is 0.204. The van der Waals surface area contributed by atoms with E-state index >= 15 is 0 Å². The molecule has 1 heterocycles. The Morgan fingerprint density at radius 3 is 2.40 bits per heavy atom. The van der Waals surface area contributed by atoms with Crippen molar-refractivity contribution >= 4 is 10.0 Å².